The number of aryl methyl sites for hydroxylation is 1. The van der Waals surface area contributed by atoms with Crippen LogP contribution in [-0.4, -0.2) is 43.6 Å². The molecule has 0 heterocycles. The lowest BCUT2D eigenvalue weighted by molar-refractivity contribution is 0.297. The highest BCUT2D eigenvalue weighted by Gasteiger charge is 2.02. The highest BCUT2D eigenvalue weighted by Crippen LogP contribution is 2.10. The maximum atomic E-state index is 4.74. The molecule has 0 atom stereocenters. The molecule has 0 bridgehead atoms. The molecule has 0 unspecified atom stereocenters. The number of nitrogens with zero attached hydrogens (tertiary/aromatic N) is 2. The quantitative estimate of drug-likeness (QED) is 0.370. The summed E-state index contributed by atoms with van der Waals surface area (Å²) >= 11 is 0. The first-order valence-corrected chi connectivity index (χ1v) is 9.56. The Morgan fingerprint density at radius 3 is 2.29 bits per heavy atom. The SMILES string of the molecule is CCNC(=NCc1ccccc1CC)NCCCCN(CC)CC. The van der Waals surface area contributed by atoms with E-state index >= 15 is 0 Å². The average molecular weight is 333 g/mol. The van der Waals surface area contributed by atoms with Gasteiger partial charge in [0.1, 0.15) is 0 Å². The minimum atomic E-state index is 0.735. The van der Waals surface area contributed by atoms with E-state index in [4.69, 9.17) is 4.99 Å². The topological polar surface area (TPSA) is 39.7 Å². The predicted molar refractivity (Wildman–Crippen MR) is 106 cm³/mol. The smallest absolute Gasteiger partial charge is 0.191 e. The second kappa shape index (κ2) is 12.8. The van der Waals surface area contributed by atoms with Gasteiger partial charge in [-0.05, 0) is 56.9 Å². The number of benzene rings is 1. The Morgan fingerprint density at radius 1 is 0.958 bits per heavy atom. The fraction of sp³-hybridized carbons (Fsp3) is 0.650. The molecule has 1 aromatic carbocycles. The molecule has 0 radical (unpaired) electrons. The molecule has 0 saturated heterocycles. The third-order valence-corrected chi connectivity index (χ3v) is 4.34. The largest absolute Gasteiger partial charge is 0.357 e. The molecule has 1 aromatic rings. The van der Waals surface area contributed by atoms with Crippen molar-refractivity contribution < 1.29 is 0 Å². The van der Waals surface area contributed by atoms with Crippen molar-refractivity contribution in [2.45, 2.75) is 53.5 Å². The molecule has 0 spiro atoms. The molecule has 136 valence electrons. The fourth-order valence-corrected chi connectivity index (χ4v) is 2.77. The summed E-state index contributed by atoms with van der Waals surface area (Å²) in [5, 5.41) is 6.80. The van der Waals surface area contributed by atoms with Crippen LogP contribution in [0, 0.1) is 0 Å². The van der Waals surface area contributed by atoms with Crippen LogP contribution >= 0.6 is 0 Å². The second-order valence-corrected chi connectivity index (χ2v) is 5.98. The molecule has 0 aliphatic rings. The van der Waals surface area contributed by atoms with Crippen molar-refractivity contribution in [3.63, 3.8) is 0 Å². The molecule has 0 aromatic heterocycles. The van der Waals surface area contributed by atoms with Gasteiger partial charge in [-0.2, -0.15) is 0 Å². The second-order valence-electron chi connectivity index (χ2n) is 5.98. The zero-order chi connectivity index (χ0) is 17.6. The summed E-state index contributed by atoms with van der Waals surface area (Å²) in [6.45, 7) is 14.8. The van der Waals surface area contributed by atoms with Crippen molar-refractivity contribution in [2.24, 2.45) is 4.99 Å². The minimum Gasteiger partial charge on any atom is -0.357 e. The number of unbranched alkanes of at least 4 members (excludes halogenated alkanes) is 1. The van der Waals surface area contributed by atoms with Crippen molar-refractivity contribution in [1.29, 1.82) is 0 Å². The molecule has 0 saturated carbocycles. The number of rotatable bonds is 11. The predicted octanol–water partition coefficient (Wildman–Crippen LogP) is 3.43. The number of hydrogen-bond acceptors (Lipinski definition) is 2. The summed E-state index contributed by atoms with van der Waals surface area (Å²) in [4.78, 5) is 7.21. The van der Waals surface area contributed by atoms with Gasteiger partial charge in [0.15, 0.2) is 5.96 Å². The minimum absolute atomic E-state index is 0.735. The van der Waals surface area contributed by atoms with Crippen molar-refractivity contribution >= 4 is 5.96 Å². The zero-order valence-corrected chi connectivity index (χ0v) is 16.1. The summed E-state index contributed by atoms with van der Waals surface area (Å²) in [5.74, 6) is 0.922. The van der Waals surface area contributed by atoms with E-state index in [1.807, 2.05) is 0 Å². The van der Waals surface area contributed by atoms with Crippen LogP contribution in [0.4, 0.5) is 0 Å². The van der Waals surface area contributed by atoms with Crippen molar-refractivity contribution in [2.75, 3.05) is 32.7 Å². The molecule has 4 heteroatoms. The Morgan fingerprint density at radius 2 is 1.67 bits per heavy atom. The standard InChI is InChI=1S/C20H36N4/c1-5-18-13-9-10-14-19(18)17-23-20(21-6-2)22-15-11-12-16-24(7-3)8-4/h9-10,13-14H,5-8,11-12,15-17H2,1-4H3,(H2,21,22,23). The Hall–Kier alpha value is -1.55. The average Bonchev–Trinajstić information content (AvgIpc) is 2.62. The summed E-state index contributed by atoms with van der Waals surface area (Å²) < 4.78 is 0. The van der Waals surface area contributed by atoms with Gasteiger partial charge < -0.3 is 15.5 Å². The van der Waals surface area contributed by atoms with Crippen molar-refractivity contribution in [3.05, 3.63) is 35.4 Å². The highest BCUT2D eigenvalue weighted by molar-refractivity contribution is 5.79. The number of aliphatic imine (C=N–C) groups is 1. The Labute approximate surface area is 148 Å². The first-order valence-electron chi connectivity index (χ1n) is 9.56. The Kier molecular flexibility index (Phi) is 10.9. The van der Waals surface area contributed by atoms with Gasteiger partial charge in [0, 0.05) is 13.1 Å². The number of nitrogens with one attached hydrogen (secondary N) is 2. The van der Waals surface area contributed by atoms with Gasteiger partial charge >= 0.3 is 0 Å². The van der Waals surface area contributed by atoms with E-state index < -0.39 is 0 Å². The fourth-order valence-electron chi connectivity index (χ4n) is 2.77. The van der Waals surface area contributed by atoms with Crippen LogP contribution in [0.15, 0.2) is 29.3 Å². The maximum absolute atomic E-state index is 4.74. The first-order chi connectivity index (χ1) is 11.7. The van der Waals surface area contributed by atoms with Crippen LogP contribution in [0.2, 0.25) is 0 Å². The normalized spacial score (nSPS) is 11.8. The van der Waals surface area contributed by atoms with Crippen LogP contribution < -0.4 is 10.6 Å². The maximum Gasteiger partial charge on any atom is 0.191 e. The van der Waals surface area contributed by atoms with Crippen LogP contribution in [0.3, 0.4) is 0 Å². The lowest BCUT2D eigenvalue weighted by Crippen LogP contribution is -2.38. The van der Waals surface area contributed by atoms with Crippen LogP contribution in [0.25, 0.3) is 0 Å². The van der Waals surface area contributed by atoms with E-state index in [2.05, 4.69) is 67.5 Å². The molecular formula is C20H36N4. The van der Waals surface area contributed by atoms with E-state index in [9.17, 15) is 0 Å². The Balaban J connectivity index is 2.42. The third kappa shape index (κ3) is 7.82. The van der Waals surface area contributed by atoms with Crippen LogP contribution in [0.1, 0.15) is 51.7 Å². The van der Waals surface area contributed by atoms with Crippen LogP contribution in [0.5, 0.6) is 0 Å². The highest BCUT2D eigenvalue weighted by atomic mass is 15.2. The zero-order valence-electron chi connectivity index (χ0n) is 16.1. The van der Waals surface area contributed by atoms with Gasteiger partial charge in [0.25, 0.3) is 0 Å². The molecule has 1 rings (SSSR count). The molecule has 0 fully saturated rings. The molecule has 0 aliphatic heterocycles. The monoisotopic (exact) mass is 332 g/mol. The van der Waals surface area contributed by atoms with E-state index in [0.29, 0.717) is 0 Å². The third-order valence-electron chi connectivity index (χ3n) is 4.34. The summed E-state index contributed by atoms with van der Waals surface area (Å²) in [6.07, 6.45) is 3.46. The summed E-state index contributed by atoms with van der Waals surface area (Å²) in [6, 6.07) is 8.57. The summed E-state index contributed by atoms with van der Waals surface area (Å²) in [7, 11) is 0. The molecule has 0 amide bonds. The van der Waals surface area contributed by atoms with E-state index in [-0.39, 0.29) is 0 Å². The molecule has 2 N–H and O–H groups in total. The van der Waals surface area contributed by atoms with E-state index in [1.54, 1.807) is 0 Å². The molecule has 24 heavy (non-hydrogen) atoms. The summed E-state index contributed by atoms with van der Waals surface area (Å²) in [5.41, 5.74) is 2.70. The number of guanidine groups is 1. The van der Waals surface area contributed by atoms with Crippen LogP contribution in [-0.2, 0) is 13.0 Å². The van der Waals surface area contributed by atoms with Crippen molar-refractivity contribution in [3.8, 4) is 0 Å². The van der Waals surface area contributed by atoms with Gasteiger partial charge in [-0.25, -0.2) is 4.99 Å². The van der Waals surface area contributed by atoms with Crippen molar-refractivity contribution in [1.82, 2.24) is 15.5 Å². The van der Waals surface area contributed by atoms with E-state index in [0.717, 1.165) is 45.1 Å². The molecular weight excluding hydrogens is 296 g/mol. The number of hydrogen-bond donors (Lipinski definition) is 2. The van der Waals surface area contributed by atoms with Gasteiger partial charge in [0.2, 0.25) is 0 Å². The van der Waals surface area contributed by atoms with E-state index in [1.165, 1.54) is 30.5 Å². The van der Waals surface area contributed by atoms with Gasteiger partial charge in [0.05, 0.1) is 6.54 Å². The van der Waals surface area contributed by atoms with Gasteiger partial charge in [-0.3, -0.25) is 0 Å². The Bertz CT molecular complexity index is 466. The van der Waals surface area contributed by atoms with Gasteiger partial charge in [-0.15, -0.1) is 0 Å². The first kappa shape index (κ1) is 20.5. The molecule has 0 aliphatic carbocycles. The lowest BCUT2D eigenvalue weighted by Gasteiger charge is -2.18. The lowest BCUT2D eigenvalue weighted by atomic mass is 10.1. The van der Waals surface area contributed by atoms with Gasteiger partial charge in [-0.1, -0.05) is 45.0 Å². The molecule has 4 nitrogen and oxygen atoms in total.